The molecule has 21 heavy (non-hydrogen) atoms. The van der Waals surface area contributed by atoms with Gasteiger partial charge in [0.15, 0.2) is 23.2 Å². The molecule has 0 saturated heterocycles. The smallest absolute Gasteiger partial charge is 0.189 e. The second-order valence-electron chi connectivity index (χ2n) is 4.22. The van der Waals surface area contributed by atoms with E-state index in [4.69, 9.17) is 9.47 Å². The van der Waals surface area contributed by atoms with Crippen LogP contribution in [0.2, 0.25) is 0 Å². The number of Topliss-reactive ketones (excluding diaryl/α,β-unsaturated/α-hetero) is 1. The maximum Gasteiger partial charge on any atom is 0.189 e. The van der Waals surface area contributed by atoms with Crippen LogP contribution in [0.3, 0.4) is 0 Å². The first-order valence-corrected chi connectivity index (χ1v) is 6.28. The van der Waals surface area contributed by atoms with Crippen molar-refractivity contribution >= 4 is 5.78 Å². The number of ether oxygens (including phenoxy) is 2. The number of ketones is 1. The minimum atomic E-state index is -0.979. The zero-order valence-electron chi connectivity index (χ0n) is 11.7. The molecule has 0 aliphatic rings. The van der Waals surface area contributed by atoms with Gasteiger partial charge in [-0.1, -0.05) is 12.1 Å². The average Bonchev–Trinajstić information content (AvgIpc) is 2.55. The molecular formula is C16H14N2O3. The summed E-state index contributed by atoms with van der Waals surface area (Å²) in [5.74, 6) is -0.582. The number of nitriles is 1. The van der Waals surface area contributed by atoms with Crippen molar-refractivity contribution in [2.45, 2.75) is 5.92 Å². The van der Waals surface area contributed by atoms with Gasteiger partial charge in [-0.2, -0.15) is 5.26 Å². The molecule has 0 saturated carbocycles. The quantitative estimate of drug-likeness (QED) is 0.788. The minimum Gasteiger partial charge on any atom is -0.493 e. The summed E-state index contributed by atoms with van der Waals surface area (Å²) in [6, 6.07) is 12.1. The maximum atomic E-state index is 12.6. The second kappa shape index (κ2) is 6.53. The molecule has 5 nitrogen and oxygen atoms in total. The van der Waals surface area contributed by atoms with Crippen molar-refractivity contribution in [3.8, 4) is 17.6 Å². The Hall–Kier alpha value is -2.87. The van der Waals surface area contributed by atoms with Crippen molar-refractivity contribution in [3.05, 3.63) is 53.9 Å². The van der Waals surface area contributed by atoms with Crippen LogP contribution in [0.5, 0.6) is 11.5 Å². The van der Waals surface area contributed by atoms with Gasteiger partial charge in [0.2, 0.25) is 0 Å². The summed E-state index contributed by atoms with van der Waals surface area (Å²) < 4.78 is 10.4. The lowest BCUT2D eigenvalue weighted by molar-refractivity contribution is 0.0974. The molecule has 0 amide bonds. The Labute approximate surface area is 122 Å². The van der Waals surface area contributed by atoms with E-state index in [1.54, 1.807) is 42.6 Å². The highest BCUT2D eigenvalue weighted by atomic mass is 16.5. The van der Waals surface area contributed by atoms with Crippen molar-refractivity contribution in [1.82, 2.24) is 4.98 Å². The maximum absolute atomic E-state index is 12.6. The van der Waals surface area contributed by atoms with Gasteiger partial charge in [-0.3, -0.25) is 9.78 Å². The lowest BCUT2D eigenvalue weighted by Crippen LogP contribution is -2.14. The minimum absolute atomic E-state index is 0.300. The van der Waals surface area contributed by atoms with Gasteiger partial charge >= 0.3 is 0 Å². The number of nitrogens with zero attached hydrogens (tertiary/aromatic N) is 2. The molecule has 0 bridgehead atoms. The number of carbonyl (C=O) groups is 1. The predicted octanol–water partition coefficient (Wildman–Crippen LogP) is 2.59. The Balaban J connectivity index is 2.47. The van der Waals surface area contributed by atoms with E-state index in [1.165, 1.54) is 14.2 Å². The van der Waals surface area contributed by atoms with Gasteiger partial charge in [0.05, 0.1) is 31.5 Å². The molecular weight excluding hydrogens is 268 g/mol. The summed E-state index contributed by atoms with van der Waals surface area (Å²) in [7, 11) is 2.95. The van der Waals surface area contributed by atoms with Crippen molar-refractivity contribution < 1.29 is 14.3 Å². The van der Waals surface area contributed by atoms with Gasteiger partial charge in [-0.15, -0.1) is 0 Å². The van der Waals surface area contributed by atoms with E-state index < -0.39 is 5.92 Å². The molecule has 0 aliphatic carbocycles. The Morgan fingerprint density at radius 2 is 2.00 bits per heavy atom. The van der Waals surface area contributed by atoms with E-state index in [0.29, 0.717) is 22.8 Å². The fourth-order valence-corrected chi connectivity index (χ4v) is 2.04. The van der Waals surface area contributed by atoms with Gasteiger partial charge in [-0.25, -0.2) is 0 Å². The van der Waals surface area contributed by atoms with Crippen LogP contribution in [0.4, 0.5) is 0 Å². The van der Waals surface area contributed by atoms with E-state index in [0.717, 1.165) is 0 Å². The molecule has 0 fully saturated rings. The number of para-hydroxylation sites is 1. The molecule has 0 aliphatic heterocycles. The second-order valence-corrected chi connectivity index (χ2v) is 4.22. The fraction of sp³-hybridized carbons (Fsp3) is 0.188. The molecule has 2 rings (SSSR count). The number of aromatic nitrogens is 1. The topological polar surface area (TPSA) is 72.2 Å². The highest BCUT2D eigenvalue weighted by molar-refractivity contribution is 6.05. The largest absolute Gasteiger partial charge is 0.493 e. The summed E-state index contributed by atoms with van der Waals surface area (Å²) in [5, 5.41) is 9.32. The highest BCUT2D eigenvalue weighted by Gasteiger charge is 2.26. The summed E-state index contributed by atoms with van der Waals surface area (Å²) in [4.78, 5) is 16.7. The van der Waals surface area contributed by atoms with Gasteiger partial charge in [0.25, 0.3) is 0 Å². The van der Waals surface area contributed by atoms with E-state index in [2.05, 4.69) is 4.98 Å². The third-order valence-electron chi connectivity index (χ3n) is 3.04. The Bertz CT molecular complexity index is 678. The van der Waals surface area contributed by atoms with E-state index in [1.807, 2.05) is 6.07 Å². The number of pyridine rings is 1. The van der Waals surface area contributed by atoms with E-state index in [-0.39, 0.29) is 5.78 Å². The van der Waals surface area contributed by atoms with Crippen LogP contribution in [0.25, 0.3) is 0 Å². The highest BCUT2D eigenvalue weighted by Crippen LogP contribution is 2.33. The SMILES string of the molecule is COc1cccc(C(=O)C(C#N)c2ccccn2)c1OC. The van der Waals surface area contributed by atoms with Gasteiger partial charge in [0.1, 0.15) is 0 Å². The number of benzene rings is 1. The first-order valence-electron chi connectivity index (χ1n) is 6.28. The number of carbonyl (C=O) groups excluding carboxylic acids is 1. The summed E-state index contributed by atoms with van der Waals surface area (Å²) in [6.07, 6.45) is 1.55. The van der Waals surface area contributed by atoms with Crippen LogP contribution in [0, 0.1) is 11.3 Å². The molecule has 2 aromatic rings. The summed E-state index contributed by atoms with van der Waals surface area (Å²) >= 11 is 0. The number of methoxy groups -OCH3 is 2. The normalized spacial score (nSPS) is 11.3. The number of rotatable bonds is 5. The third-order valence-corrected chi connectivity index (χ3v) is 3.04. The van der Waals surface area contributed by atoms with Crippen molar-refractivity contribution in [1.29, 1.82) is 5.26 Å². The zero-order chi connectivity index (χ0) is 15.2. The van der Waals surface area contributed by atoms with Crippen molar-refractivity contribution in [2.75, 3.05) is 14.2 Å². The molecule has 0 N–H and O–H groups in total. The van der Waals surface area contributed by atoms with Crippen molar-refractivity contribution in [2.24, 2.45) is 0 Å². The summed E-state index contributed by atoms with van der Waals surface area (Å²) in [5.41, 5.74) is 0.712. The molecule has 106 valence electrons. The zero-order valence-corrected chi connectivity index (χ0v) is 11.7. The molecule has 1 unspecified atom stereocenters. The molecule has 5 heteroatoms. The first kappa shape index (κ1) is 14.5. The lowest BCUT2D eigenvalue weighted by atomic mass is 9.94. The lowest BCUT2D eigenvalue weighted by Gasteiger charge is -2.13. The molecule has 0 radical (unpaired) electrons. The fourth-order valence-electron chi connectivity index (χ4n) is 2.04. The molecule has 1 aromatic heterocycles. The van der Waals surface area contributed by atoms with Crippen LogP contribution in [-0.4, -0.2) is 25.0 Å². The van der Waals surface area contributed by atoms with Crippen LogP contribution in [0.15, 0.2) is 42.6 Å². The Kier molecular flexibility index (Phi) is 4.52. The predicted molar refractivity (Wildman–Crippen MR) is 76.5 cm³/mol. The van der Waals surface area contributed by atoms with E-state index >= 15 is 0 Å². The molecule has 1 aromatic carbocycles. The van der Waals surface area contributed by atoms with Gasteiger partial charge in [0, 0.05) is 6.20 Å². The van der Waals surface area contributed by atoms with Crippen LogP contribution < -0.4 is 9.47 Å². The Morgan fingerprint density at radius 3 is 2.57 bits per heavy atom. The summed E-state index contributed by atoms with van der Waals surface area (Å²) in [6.45, 7) is 0. The van der Waals surface area contributed by atoms with Crippen LogP contribution >= 0.6 is 0 Å². The van der Waals surface area contributed by atoms with Crippen LogP contribution in [0.1, 0.15) is 22.0 Å². The van der Waals surface area contributed by atoms with Crippen LogP contribution in [-0.2, 0) is 0 Å². The Morgan fingerprint density at radius 1 is 1.19 bits per heavy atom. The standard InChI is InChI=1S/C16H14N2O3/c1-20-14-8-5-6-11(16(14)21-2)15(19)12(10-17)13-7-3-4-9-18-13/h3-9,12H,1-2H3. The van der Waals surface area contributed by atoms with Gasteiger partial charge < -0.3 is 9.47 Å². The van der Waals surface area contributed by atoms with Gasteiger partial charge in [-0.05, 0) is 24.3 Å². The number of hydrogen-bond donors (Lipinski definition) is 0. The van der Waals surface area contributed by atoms with E-state index in [9.17, 15) is 10.1 Å². The third kappa shape index (κ3) is 2.84. The first-order chi connectivity index (χ1) is 10.2. The average molecular weight is 282 g/mol. The molecule has 1 atom stereocenters. The van der Waals surface area contributed by atoms with Crippen molar-refractivity contribution in [3.63, 3.8) is 0 Å². The number of hydrogen-bond acceptors (Lipinski definition) is 5. The monoisotopic (exact) mass is 282 g/mol. The molecule has 0 spiro atoms. The molecule has 1 heterocycles.